The Bertz CT molecular complexity index is 1440. The van der Waals surface area contributed by atoms with Crippen LogP contribution in [-0.4, -0.2) is 102 Å². The van der Waals surface area contributed by atoms with E-state index in [0.29, 0.717) is 56.8 Å². The molecule has 0 unspecified atom stereocenters. The highest BCUT2D eigenvalue weighted by molar-refractivity contribution is 5.92. The summed E-state index contributed by atoms with van der Waals surface area (Å²) in [6.07, 6.45) is 1.83. The Morgan fingerprint density at radius 2 is 1.67 bits per heavy atom. The molecule has 1 aromatic carbocycles. The van der Waals surface area contributed by atoms with Gasteiger partial charge in [-0.05, 0) is 75.3 Å². The molecule has 1 aromatic heterocycles. The van der Waals surface area contributed by atoms with Gasteiger partial charge in [-0.3, -0.25) is 29.2 Å². The number of amides is 4. The Kier molecular flexibility index (Phi) is 16.2. The molecule has 0 aliphatic carbocycles. The zero-order valence-electron chi connectivity index (χ0n) is 31.4. The first kappa shape index (κ1) is 41.3. The van der Waals surface area contributed by atoms with Crippen molar-refractivity contribution < 1.29 is 33.8 Å². The first-order chi connectivity index (χ1) is 24.2. The van der Waals surface area contributed by atoms with E-state index in [1.807, 2.05) is 13.8 Å². The number of aromatic amines is 1. The average molecular weight is 714 g/mol. The second kappa shape index (κ2) is 20.0. The first-order valence-electron chi connectivity index (χ1n) is 18.0. The topological polar surface area (TPSA) is 187 Å². The van der Waals surface area contributed by atoms with Crippen LogP contribution in [0.25, 0.3) is 0 Å². The first-order valence-corrected chi connectivity index (χ1v) is 18.0. The number of aromatic nitrogens is 2. The SMILES string of the molecule is COc1cc2ccc1OCC(=O)NCCCN(Cc1cc(C(C)(C)C)n[nH]1)CCCCNC(=O)[C@H]([C@@H](C)O)NC(=O)[C@@H](CC(C)C)NC(=O)CC2. The molecule has 6 N–H and O–H groups in total. The normalized spacial score (nSPS) is 20.9. The highest BCUT2D eigenvalue weighted by Gasteiger charge is 2.30. The van der Waals surface area contributed by atoms with Crippen molar-refractivity contribution in [3.8, 4) is 11.5 Å². The maximum atomic E-state index is 13.4. The summed E-state index contributed by atoms with van der Waals surface area (Å²) in [5.74, 6) is -0.680. The molecule has 2 aromatic rings. The Morgan fingerprint density at radius 1 is 0.941 bits per heavy atom. The number of carbonyl (C=O) groups excluding carboxylic acids is 4. The van der Waals surface area contributed by atoms with Crippen molar-refractivity contribution >= 4 is 23.6 Å². The van der Waals surface area contributed by atoms with Crippen LogP contribution in [0.4, 0.5) is 0 Å². The van der Waals surface area contributed by atoms with E-state index in [0.717, 1.165) is 36.5 Å². The molecule has 2 aliphatic heterocycles. The van der Waals surface area contributed by atoms with E-state index >= 15 is 0 Å². The largest absolute Gasteiger partial charge is 0.493 e. The molecular weight excluding hydrogens is 654 g/mol. The third kappa shape index (κ3) is 14.2. The Hall–Kier alpha value is -4.17. The van der Waals surface area contributed by atoms with E-state index in [1.54, 1.807) is 18.2 Å². The van der Waals surface area contributed by atoms with Gasteiger partial charge in [0.1, 0.15) is 12.1 Å². The van der Waals surface area contributed by atoms with Crippen LogP contribution in [0.2, 0.25) is 0 Å². The fraction of sp³-hybridized carbons (Fsp3) is 0.649. The summed E-state index contributed by atoms with van der Waals surface area (Å²) in [5.41, 5.74) is 2.70. The highest BCUT2D eigenvalue weighted by Crippen LogP contribution is 2.28. The molecule has 14 heteroatoms. The maximum Gasteiger partial charge on any atom is 0.257 e. The molecule has 0 saturated carbocycles. The van der Waals surface area contributed by atoms with E-state index in [2.05, 4.69) is 63.2 Å². The van der Waals surface area contributed by atoms with Crippen LogP contribution in [0.15, 0.2) is 24.3 Å². The minimum absolute atomic E-state index is 0.0764. The van der Waals surface area contributed by atoms with E-state index < -0.39 is 30.0 Å². The number of ether oxygens (including phenoxy) is 2. The van der Waals surface area contributed by atoms with Crippen LogP contribution in [0, 0.1) is 5.92 Å². The van der Waals surface area contributed by atoms with Gasteiger partial charge in [-0.2, -0.15) is 5.10 Å². The van der Waals surface area contributed by atoms with Gasteiger partial charge in [0, 0.05) is 43.7 Å². The average Bonchev–Trinajstić information content (AvgIpc) is 3.55. The number of hydrogen-bond donors (Lipinski definition) is 6. The maximum absolute atomic E-state index is 13.4. The summed E-state index contributed by atoms with van der Waals surface area (Å²) >= 11 is 0. The molecular formula is C37H59N7O7. The molecule has 0 fully saturated rings. The lowest BCUT2D eigenvalue weighted by atomic mass is 9.92. The number of nitrogens with one attached hydrogen (secondary N) is 5. The Balaban J connectivity index is 1.77. The number of carbonyl (C=O) groups is 4. The second-order valence-electron chi connectivity index (χ2n) is 14.8. The summed E-state index contributed by atoms with van der Waals surface area (Å²) in [4.78, 5) is 54.4. The Labute approximate surface area is 302 Å². The van der Waals surface area contributed by atoms with Crippen LogP contribution < -0.4 is 30.7 Å². The summed E-state index contributed by atoms with van der Waals surface area (Å²) in [5, 5.41) is 29.4. The van der Waals surface area contributed by atoms with E-state index in [9.17, 15) is 24.3 Å². The number of fused-ring (bicyclic) bond motifs is 23. The molecule has 2 bridgehead atoms. The molecule has 3 atom stereocenters. The van der Waals surface area contributed by atoms with Crippen LogP contribution in [0.5, 0.6) is 11.5 Å². The molecule has 0 saturated heterocycles. The number of aliphatic hydroxyl groups excluding tert-OH is 1. The Morgan fingerprint density at radius 3 is 2.33 bits per heavy atom. The van der Waals surface area contributed by atoms with Crippen molar-refractivity contribution in [2.45, 2.75) is 110 Å². The summed E-state index contributed by atoms with van der Waals surface area (Å²) in [7, 11) is 1.51. The number of benzene rings is 1. The predicted octanol–water partition coefficient (Wildman–Crippen LogP) is 2.34. The van der Waals surface area contributed by atoms with Gasteiger partial charge in [0.05, 0.1) is 18.9 Å². The van der Waals surface area contributed by atoms with Crippen molar-refractivity contribution in [1.29, 1.82) is 0 Å². The third-order valence-corrected chi connectivity index (χ3v) is 8.62. The van der Waals surface area contributed by atoms with Crippen molar-refractivity contribution in [3.63, 3.8) is 0 Å². The van der Waals surface area contributed by atoms with Crippen molar-refractivity contribution in [2.24, 2.45) is 5.92 Å². The number of aliphatic hydroxyl groups is 1. The van der Waals surface area contributed by atoms with Gasteiger partial charge in [-0.25, -0.2) is 0 Å². The standard InChI is InChI=1S/C37H59N7O7/c1-24(2)19-28-35(48)41-34(25(3)45)36(49)39-15-8-9-17-44(22-27-21-31(43-42-27)37(4,5)6)18-10-16-38-33(47)23-51-29-13-11-26(20-30(29)50-7)12-14-32(46)40-28/h11,13,20-21,24-25,28,34,45H,8-10,12,14-19,22-23H2,1-7H3,(H,38,47)(H,39,49)(H,40,46)(H,41,48)(H,42,43)/t25-,28-,34+/m1/s1. The zero-order chi connectivity index (χ0) is 37.6. The molecule has 284 valence electrons. The number of rotatable bonds is 6. The lowest BCUT2D eigenvalue weighted by Gasteiger charge is -2.26. The smallest absolute Gasteiger partial charge is 0.257 e. The lowest BCUT2D eigenvalue weighted by molar-refractivity contribution is -0.134. The molecule has 0 spiro atoms. The monoisotopic (exact) mass is 713 g/mol. The molecule has 4 amide bonds. The number of H-pyrrole nitrogens is 1. The fourth-order valence-corrected chi connectivity index (χ4v) is 5.72. The molecule has 4 rings (SSSR count). The molecule has 0 radical (unpaired) electrons. The van der Waals surface area contributed by atoms with Gasteiger partial charge in [0.2, 0.25) is 17.7 Å². The van der Waals surface area contributed by atoms with E-state index in [1.165, 1.54) is 14.0 Å². The van der Waals surface area contributed by atoms with Crippen molar-refractivity contribution in [1.82, 2.24) is 36.4 Å². The van der Waals surface area contributed by atoms with Crippen LogP contribution in [0.3, 0.4) is 0 Å². The van der Waals surface area contributed by atoms with Gasteiger partial charge < -0.3 is 35.8 Å². The third-order valence-electron chi connectivity index (χ3n) is 8.62. The molecule has 14 nitrogen and oxygen atoms in total. The van der Waals surface area contributed by atoms with Crippen LogP contribution in [-0.2, 0) is 37.6 Å². The molecule has 2 aliphatic rings. The second-order valence-corrected chi connectivity index (χ2v) is 14.8. The summed E-state index contributed by atoms with van der Waals surface area (Å²) in [6, 6.07) is 5.28. The number of nitrogens with zero attached hydrogens (tertiary/aromatic N) is 2. The predicted molar refractivity (Wildman–Crippen MR) is 194 cm³/mol. The van der Waals surface area contributed by atoms with Gasteiger partial charge >= 0.3 is 0 Å². The fourth-order valence-electron chi connectivity index (χ4n) is 5.72. The van der Waals surface area contributed by atoms with Crippen LogP contribution in [0.1, 0.15) is 90.6 Å². The number of hydrogen-bond acceptors (Lipinski definition) is 9. The number of aryl methyl sites for hydroxylation is 1. The minimum atomic E-state index is -1.18. The number of methoxy groups -OCH3 is 1. The van der Waals surface area contributed by atoms with Crippen LogP contribution >= 0.6 is 0 Å². The van der Waals surface area contributed by atoms with Gasteiger partial charge in [0.15, 0.2) is 18.1 Å². The van der Waals surface area contributed by atoms with E-state index in [-0.39, 0.29) is 36.2 Å². The van der Waals surface area contributed by atoms with Gasteiger partial charge in [-0.1, -0.05) is 40.7 Å². The minimum Gasteiger partial charge on any atom is -0.493 e. The summed E-state index contributed by atoms with van der Waals surface area (Å²) in [6.45, 7) is 14.4. The zero-order valence-corrected chi connectivity index (χ0v) is 31.4. The van der Waals surface area contributed by atoms with E-state index in [4.69, 9.17) is 9.47 Å². The van der Waals surface area contributed by atoms with Crippen molar-refractivity contribution in [3.05, 3.63) is 41.2 Å². The van der Waals surface area contributed by atoms with Gasteiger partial charge in [-0.15, -0.1) is 0 Å². The highest BCUT2D eigenvalue weighted by atomic mass is 16.5. The van der Waals surface area contributed by atoms with Gasteiger partial charge in [0.25, 0.3) is 5.91 Å². The molecule has 3 heterocycles. The lowest BCUT2D eigenvalue weighted by Crippen LogP contribution is -2.57. The molecule has 51 heavy (non-hydrogen) atoms. The quantitative estimate of drug-likeness (QED) is 0.245. The summed E-state index contributed by atoms with van der Waals surface area (Å²) < 4.78 is 11.3. The van der Waals surface area contributed by atoms with Crippen molar-refractivity contribution in [2.75, 3.05) is 39.9 Å².